The Balaban J connectivity index is 0.000000111. The van der Waals surface area contributed by atoms with Crippen molar-refractivity contribution in [3.05, 3.63) is 520 Å². The van der Waals surface area contributed by atoms with Gasteiger partial charge in [0, 0.05) is 149 Å². The predicted molar refractivity (Wildman–Crippen MR) is 555 cm³/mol. The van der Waals surface area contributed by atoms with Crippen LogP contribution in [0, 0.1) is 0 Å². The van der Waals surface area contributed by atoms with Gasteiger partial charge in [0.25, 0.3) is 0 Å². The van der Waals surface area contributed by atoms with Crippen LogP contribution in [0.25, 0.3) is 172 Å². The molecule has 7 aromatic heterocycles. The van der Waals surface area contributed by atoms with Crippen molar-refractivity contribution >= 4 is 110 Å². The van der Waals surface area contributed by atoms with Crippen LogP contribution >= 0.6 is 0 Å². The topological polar surface area (TPSA) is 93.7 Å². The molecule has 0 spiro atoms. The van der Waals surface area contributed by atoms with Crippen molar-refractivity contribution < 1.29 is 0 Å². The Kier molecular flexibility index (Phi) is 20.6. The summed E-state index contributed by atoms with van der Waals surface area (Å²) in [6.45, 7) is 0. The molecule has 10 heteroatoms. The van der Waals surface area contributed by atoms with Crippen LogP contribution in [-0.4, -0.2) is 39.0 Å². The lowest BCUT2D eigenvalue weighted by atomic mass is 9.69. The van der Waals surface area contributed by atoms with Gasteiger partial charge in [-0.05, 0) is 230 Å². The fraction of sp³-hybridized carbons (Fsp3) is 0.0161. The lowest BCUT2D eigenvalue weighted by molar-refractivity contribution is 0.860. The number of allylic oxidation sites excluding steroid dienone is 6. The highest BCUT2D eigenvalue weighted by atomic mass is 15.2. The molecule has 134 heavy (non-hydrogen) atoms. The highest BCUT2D eigenvalue weighted by molar-refractivity contribution is 6.26. The summed E-state index contributed by atoms with van der Waals surface area (Å²) in [4.78, 5) is 32.9. The van der Waals surface area contributed by atoms with Crippen molar-refractivity contribution in [1.82, 2.24) is 39.0 Å². The summed E-state index contributed by atoms with van der Waals surface area (Å²) in [7, 11) is 0. The second-order valence-corrected chi connectivity index (χ2v) is 34.0. The number of hydrogen-bond acceptors (Lipinski definition) is 8. The normalized spacial score (nSPS) is 12.9. The summed E-state index contributed by atoms with van der Waals surface area (Å²) in [6, 6.07) is 150. The molecule has 23 aromatic rings. The largest absolute Gasteiger partial charge is 0.310 e. The summed E-state index contributed by atoms with van der Waals surface area (Å²) in [6.07, 6.45) is 23.8. The van der Waals surface area contributed by atoms with E-state index in [2.05, 4.69) is 435 Å². The number of benzene rings is 16. The van der Waals surface area contributed by atoms with E-state index in [0.717, 1.165) is 135 Å². The smallest absolute Gasteiger partial charge is 0.160 e. The number of pyridine rings is 4. The third-order valence-electron chi connectivity index (χ3n) is 26.2. The summed E-state index contributed by atoms with van der Waals surface area (Å²) in [5.41, 5.74) is 34.0. The van der Waals surface area contributed by atoms with E-state index in [-0.39, 0.29) is 5.92 Å². The Morgan fingerprint density at radius 1 is 0.269 bits per heavy atom. The van der Waals surface area contributed by atoms with Gasteiger partial charge in [-0.25, -0.2) is 9.97 Å². The second-order valence-electron chi connectivity index (χ2n) is 34.0. The zero-order chi connectivity index (χ0) is 88.8. The molecule has 7 heterocycles. The minimum atomic E-state index is 0.192. The van der Waals surface area contributed by atoms with E-state index in [1.165, 1.54) is 93.1 Å². The van der Waals surface area contributed by atoms with Gasteiger partial charge in [-0.2, -0.15) is 0 Å². The van der Waals surface area contributed by atoms with Crippen molar-refractivity contribution in [3.63, 3.8) is 0 Å². The quantitative estimate of drug-likeness (QED) is 0.0937. The van der Waals surface area contributed by atoms with Crippen molar-refractivity contribution in [3.8, 4) is 90.0 Å². The molecule has 0 fully saturated rings. The minimum Gasteiger partial charge on any atom is -0.310 e. The highest BCUT2D eigenvalue weighted by Crippen LogP contribution is 2.54. The molecule has 10 nitrogen and oxygen atoms in total. The number of para-hydroxylation sites is 8. The maximum atomic E-state index is 5.26. The van der Waals surface area contributed by atoms with Crippen LogP contribution in [0.1, 0.15) is 22.6 Å². The number of aromatic nitrogens is 8. The number of anilines is 5. The molecular formula is C124H84N10. The maximum absolute atomic E-state index is 5.26. The van der Waals surface area contributed by atoms with Crippen molar-refractivity contribution in [2.45, 2.75) is 12.3 Å². The summed E-state index contributed by atoms with van der Waals surface area (Å²) < 4.78 is 4.78. The average Bonchev–Trinajstić information content (AvgIpc) is 1.07. The monoisotopic (exact) mass is 1710 g/mol. The lowest BCUT2D eigenvalue weighted by Gasteiger charge is -2.40. The van der Waals surface area contributed by atoms with Crippen LogP contribution < -0.4 is 9.80 Å². The van der Waals surface area contributed by atoms with Gasteiger partial charge in [-0.15, -0.1) is 0 Å². The summed E-state index contributed by atoms with van der Waals surface area (Å²) in [5.74, 6) is 0.889. The number of rotatable bonds is 15. The minimum absolute atomic E-state index is 0.192. The third-order valence-corrected chi connectivity index (χ3v) is 26.2. The Bertz CT molecular complexity index is 7980. The van der Waals surface area contributed by atoms with Crippen molar-refractivity contribution in [2.24, 2.45) is 0 Å². The molecule has 630 valence electrons. The summed E-state index contributed by atoms with van der Waals surface area (Å²) >= 11 is 0. The molecule has 0 bridgehead atoms. The Labute approximate surface area is 776 Å². The Morgan fingerprint density at radius 3 is 1.10 bits per heavy atom. The fourth-order valence-corrected chi connectivity index (χ4v) is 20.0. The number of fused-ring (bicyclic) bond motifs is 12. The second kappa shape index (κ2) is 34.6. The zero-order valence-electron chi connectivity index (χ0n) is 73.0. The van der Waals surface area contributed by atoms with Crippen molar-refractivity contribution in [1.29, 1.82) is 0 Å². The molecule has 3 aliphatic rings. The van der Waals surface area contributed by atoms with Crippen LogP contribution in [0.2, 0.25) is 0 Å². The van der Waals surface area contributed by atoms with E-state index in [4.69, 9.17) is 19.9 Å². The lowest BCUT2D eigenvalue weighted by Crippen LogP contribution is -2.27. The number of hydrogen-bond donors (Lipinski definition) is 0. The van der Waals surface area contributed by atoms with Gasteiger partial charge in [-0.3, -0.25) is 19.9 Å². The molecule has 16 aromatic carbocycles. The van der Waals surface area contributed by atoms with Gasteiger partial charge in [-0.1, -0.05) is 297 Å². The van der Waals surface area contributed by atoms with Crippen LogP contribution in [0.4, 0.5) is 28.4 Å². The van der Waals surface area contributed by atoms with Crippen LogP contribution in [-0.2, 0) is 6.42 Å². The molecular weight excluding hydrogens is 1630 g/mol. The predicted octanol–water partition coefficient (Wildman–Crippen LogP) is 31.5. The molecule has 0 amide bonds. The van der Waals surface area contributed by atoms with Crippen LogP contribution in [0.3, 0.4) is 0 Å². The van der Waals surface area contributed by atoms with E-state index in [1.54, 1.807) is 24.8 Å². The average molecular weight is 1710 g/mol. The molecule has 0 saturated carbocycles. The van der Waals surface area contributed by atoms with Gasteiger partial charge in [0.1, 0.15) is 0 Å². The van der Waals surface area contributed by atoms with Gasteiger partial charge in [0.2, 0.25) is 0 Å². The van der Waals surface area contributed by atoms with E-state index in [9.17, 15) is 0 Å². The van der Waals surface area contributed by atoms with E-state index < -0.39 is 0 Å². The molecule has 1 unspecified atom stereocenters. The van der Waals surface area contributed by atoms with Gasteiger partial charge >= 0.3 is 0 Å². The first-order chi connectivity index (χ1) is 66.5. The molecule has 3 aliphatic carbocycles. The van der Waals surface area contributed by atoms with E-state index in [1.807, 2.05) is 60.9 Å². The fourth-order valence-electron chi connectivity index (χ4n) is 20.0. The molecule has 0 N–H and O–H groups in total. The van der Waals surface area contributed by atoms with E-state index in [0.29, 0.717) is 5.82 Å². The standard InChI is InChI=1S/C46H30N4.C40H30N2.C38H24N4/c1-3-15-31(16-4-1)40-30-41(48-46(47-40)32-17-5-2-6-18-32)33-27-34(49-42-23-11-7-19-36(42)37-20-8-12-24-43(37)49)29-35(28-33)50-44-25-13-9-21-38(44)39-22-10-14-26-45(39)50;1-5-13-31(14-6-1)41(32-15-7-2-8-16-32)37-27-23-29-22-26-36-38(28-24-30-21-25-35(37)39(29)40(30)36)42(33-17-9-3-10-18-33)34-19-11-4-12-20-34;1-2-4-32-31(3-1)35-21-27(29-7-11-37(41-23-29)25-13-17-39-18-14-25)5-9-33(35)34-10-6-28(22-36(32)34)30-8-12-38(42-24-30)26-15-19-40-20-16-26/h1-30H;1-21,23-28,40H,22H2;1-24H. The first-order valence-corrected chi connectivity index (χ1v) is 45.5. The van der Waals surface area contributed by atoms with Crippen LogP contribution in [0.15, 0.2) is 503 Å². The first kappa shape index (κ1) is 79.5. The Hall–Kier alpha value is -17.9. The maximum Gasteiger partial charge on any atom is 0.160 e. The van der Waals surface area contributed by atoms with Gasteiger partial charge < -0.3 is 18.9 Å². The summed E-state index contributed by atoms with van der Waals surface area (Å²) in [5, 5.41) is 12.4. The molecule has 26 rings (SSSR count). The molecule has 0 radical (unpaired) electrons. The third kappa shape index (κ3) is 14.7. The number of nitrogens with zero attached hydrogens (tertiary/aromatic N) is 10. The zero-order valence-corrected chi connectivity index (χ0v) is 73.0. The van der Waals surface area contributed by atoms with Crippen molar-refractivity contribution in [2.75, 3.05) is 9.80 Å². The SMILES string of the molecule is C1=Cc2c(N(c3ccccc3)c3ccccc3)ccc3c2C2C1=CC=C(N(c1ccccc1)c1ccccc1)C2=CC3.c1ccc(-c2cc(-c3cc(-n4c5ccccc5c5ccccc54)cc(-n4c5ccccc5c5ccccc54)c3)nc(-c3ccccc3)n2)cc1.c1ccc2c(c1)c1cc(-c3ccc(-c4ccncc4)nc3)ccc1c1ccc(-c3ccc(-c4ccncc4)nc3)cc21. The van der Waals surface area contributed by atoms with E-state index >= 15 is 0 Å². The van der Waals surface area contributed by atoms with Crippen LogP contribution in [0.5, 0.6) is 0 Å². The Morgan fingerprint density at radius 2 is 0.657 bits per heavy atom. The van der Waals surface area contributed by atoms with Gasteiger partial charge in [0.05, 0.1) is 50.5 Å². The molecule has 0 aliphatic heterocycles. The van der Waals surface area contributed by atoms with Gasteiger partial charge in [0.15, 0.2) is 5.82 Å². The molecule has 1 atom stereocenters. The highest BCUT2D eigenvalue weighted by Gasteiger charge is 2.38. The molecule has 0 saturated heterocycles. The first-order valence-electron chi connectivity index (χ1n) is 45.5.